The number of halogens is 4. The standard InChI is InChI=1S/C44H53F4N3O10S2.2CH4/c1-42(2,3)37-27-30(32-16-7-8-17-34(32)49(37)23-10-5-6-19-40(54)61-51-38(52)20-21-39(51)53)15-14-18-36-43(4,22-9-12-25-62(55,56)57)41-33(44(46,47)48)28-31(45)29-35(41)50(36)24-11-13-26-63(58,59)60;;/h7-8,14-18,27-29H,5-6,9-13,19-26H2,1-4H3,(H-,55,56,57,58,59,60);2*1H4. The number of pyridine rings is 1. The van der Waals surface area contributed by atoms with E-state index >= 15 is 4.39 Å². The number of alkyl halides is 3. The van der Waals surface area contributed by atoms with Gasteiger partial charge in [-0.1, -0.05) is 66.3 Å². The molecular weight excluding hydrogens is 895 g/mol. The van der Waals surface area contributed by atoms with E-state index in [9.17, 15) is 53.5 Å². The van der Waals surface area contributed by atoms with E-state index in [0.717, 1.165) is 28.2 Å². The lowest BCUT2D eigenvalue weighted by molar-refractivity contribution is -0.682. The quantitative estimate of drug-likeness (QED) is 0.0398. The van der Waals surface area contributed by atoms with E-state index in [1.165, 1.54) is 4.90 Å². The molecule has 1 aromatic heterocycles. The molecule has 3 heterocycles. The molecule has 0 radical (unpaired) electrons. The van der Waals surface area contributed by atoms with Gasteiger partial charge >= 0.3 is 12.1 Å². The summed E-state index contributed by atoms with van der Waals surface area (Å²) in [5, 5.41) is 1.38. The number of hydroxylamine groups is 2. The first-order valence-corrected chi connectivity index (χ1v) is 24.0. The van der Waals surface area contributed by atoms with Gasteiger partial charge in [-0.15, -0.1) is 5.06 Å². The zero-order chi connectivity index (χ0) is 46.5. The molecule has 360 valence electrons. The number of anilines is 1. The lowest BCUT2D eigenvalue weighted by Gasteiger charge is -2.31. The number of carbonyl (C=O) groups is 3. The van der Waals surface area contributed by atoms with Crippen LogP contribution in [-0.2, 0) is 63.0 Å². The van der Waals surface area contributed by atoms with Crippen LogP contribution in [0.1, 0.15) is 136 Å². The summed E-state index contributed by atoms with van der Waals surface area (Å²) in [5.74, 6) is -4.21. The number of unbranched alkanes of at least 4 members (excludes halogenated alkanes) is 4. The molecule has 1 atom stereocenters. The van der Waals surface area contributed by atoms with E-state index < -0.39 is 72.5 Å². The fourth-order valence-electron chi connectivity index (χ4n) is 8.39. The van der Waals surface area contributed by atoms with Gasteiger partial charge in [-0.05, 0) is 80.9 Å². The number of carbonyl (C=O) groups excluding carboxylic acids is 3. The maximum absolute atomic E-state index is 15.1. The first-order valence-electron chi connectivity index (χ1n) is 20.8. The summed E-state index contributed by atoms with van der Waals surface area (Å²) in [6.07, 6.45) is 1.85. The van der Waals surface area contributed by atoms with Crippen LogP contribution in [0.2, 0.25) is 0 Å². The Kier molecular flexibility index (Phi) is 18.2. The van der Waals surface area contributed by atoms with Crippen LogP contribution in [0.5, 0.6) is 0 Å². The predicted molar refractivity (Wildman–Crippen MR) is 239 cm³/mol. The number of benzene rings is 2. The Balaban J connectivity index is 0.00000561. The minimum Gasteiger partial charge on any atom is -0.748 e. The highest BCUT2D eigenvalue weighted by Crippen LogP contribution is 2.55. The number of amides is 2. The molecule has 1 unspecified atom stereocenters. The number of nitrogens with zero attached hydrogens (tertiary/aromatic N) is 3. The third-order valence-electron chi connectivity index (χ3n) is 11.3. The van der Waals surface area contributed by atoms with Crippen LogP contribution in [0.4, 0.5) is 23.2 Å². The van der Waals surface area contributed by atoms with Gasteiger partial charge in [0.1, 0.15) is 12.4 Å². The molecule has 3 aromatic rings. The van der Waals surface area contributed by atoms with E-state index in [4.69, 9.17) is 4.84 Å². The smallest absolute Gasteiger partial charge is 0.416 e. The summed E-state index contributed by atoms with van der Waals surface area (Å²) in [7, 11) is -8.95. The van der Waals surface area contributed by atoms with Crippen LogP contribution >= 0.6 is 0 Å². The second-order valence-electron chi connectivity index (χ2n) is 17.2. The Morgan fingerprint density at radius 3 is 2.18 bits per heavy atom. The fourth-order valence-corrected chi connectivity index (χ4v) is 9.52. The minimum absolute atomic E-state index is 0. The average Bonchev–Trinajstić information content (AvgIpc) is 3.60. The lowest BCUT2D eigenvalue weighted by atomic mass is 9.75. The average molecular weight is 956 g/mol. The van der Waals surface area contributed by atoms with E-state index in [2.05, 4.69) is 25.3 Å². The van der Waals surface area contributed by atoms with Crippen molar-refractivity contribution in [2.75, 3.05) is 23.0 Å². The van der Waals surface area contributed by atoms with Crippen molar-refractivity contribution in [3.63, 3.8) is 0 Å². The van der Waals surface area contributed by atoms with E-state index in [0.29, 0.717) is 42.6 Å². The van der Waals surface area contributed by atoms with Gasteiger partial charge in [0, 0.05) is 72.3 Å². The van der Waals surface area contributed by atoms with Crippen molar-refractivity contribution >= 4 is 60.7 Å². The van der Waals surface area contributed by atoms with Gasteiger partial charge in [-0.3, -0.25) is 14.1 Å². The molecule has 13 nitrogen and oxygen atoms in total. The highest BCUT2D eigenvalue weighted by atomic mass is 32.2. The third kappa shape index (κ3) is 13.9. The Bertz CT molecular complexity index is 2500. The molecule has 2 aliphatic heterocycles. The maximum atomic E-state index is 15.1. The van der Waals surface area contributed by atoms with Gasteiger partial charge in [-0.2, -0.15) is 26.2 Å². The summed E-state index contributed by atoms with van der Waals surface area (Å²) < 4.78 is 128. The molecule has 2 aliphatic rings. The number of aryl methyl sites for hydroxylation is 1. The van der Waals surface area contributed by atoms with Crippen LogP contribution in [0.25, 0.3) is 17.0 Å². The molecule has 1 fully saturated rings. The van der Waals surface area contributed by atoms with Crippen LogP contribution in [0, 0.1) is 5.82 Å². The molecular formula is C46H61F4N3O10S2. The first-order chi connectivity index (χ1) is 29.3. The molecule has 19 heteroatoms. The van der Waals surface area contributed by atoms with Crippen LogP contribution < -0.4 is 9.47 Å². The molecule has 1 N–H and O–H groups in total. The highest BCUT2D eigenvalue weighted by molar-refractivity contribution is 7.85. The van der Waals surface area contributed by atoms with Crippen molar-refractivity contribution in [1.29, 1.82) is 0 Å². The number of aromatic nitrogens is 1. The number of allylic oxidation sites excluding steroid dienone is 3. The van der Waals surface area contributed by atoms with E-state index in [-0.39, 0.29) is 89.4 Å². The van der Waals surface area contributed by atoms with Crippen molar-refractivity contribution < 1.29 is 67.3 Å². The van der Waals surface area contributed by atoms with Crippen LogP contribution in [0.15, 0.2) is 60.3 Å². The second-order valence-corrected chi connectivity index (χ2v) is 20.3. The maximum Gasteiger partial charge on any atom is 0.416 e. The third-order valence-corrected chi connectivity index (χ3v) is 12.9. The summed E-state index contributed by atoms with van der Waals surface area (Å²) in [5.41, 5.74) is -0.445. The molecule has 5 rings (SSSR count). The number of hydrogen-bond donors (Lipinski definition) is 1. The van der Waals surface area contributed by atoms with Gasteiger partial charge < -0.3 is 14.3 Å². The number of imide groups is 1. The number of fused-ring (bicyclic) bond motifs is 2. The molecule has 1 saturated heterocycles. The number of para-hydroxylation sites is 1. The van der Waals surface area contributed by atoms with E-state index in [1.807, 2.05) is 36.4 Å². The molecule has 0 saturated carbocycles. The Labute approximate surface area is 380 Å². The molecule has 0 spiro atoms. The van der Waals surface area contributed by atoms with Crippen molar-refractivity contribution in [3.05, 3.63) is 88.5 Å². The number of rotatable bonds is 19. The molecule has 2 amide bonds. The van der Waals surface area contributed by atoms with Gasteiger partial charge in [0.15, 0.2) is 5.69 Å². The summed E-state index contributed by atoms with van der Waals surface area (Å²) in [4.78, 5) is 42.5. The zero-order valence-corrected chi connectivity index (χ0v) is 37.3. The SMILES string of the molecule is C.C.CC(C)(C)c1cc(C=CC=C2N(CCCCS(=O)(=O)[O-])c3cc(F)cc(C(F)(F)F)c3C2(C)CCCCS(=O)(=O)O)c2ccccc2[n+]1CCCCCC(=O)ON1C(=O)CCC1=O. The van der Waals surface area contributed by atoms with Crippen molar-refractivity contribution in [3.8, 4) is 0 Å². The molecule has 2 aromatic carbocycles. The van der Waals surface area contributed by atoms with Gasteiger partial charge in [0.2, 0.25) is 5.52 Å². The summed E-state index contributed by atoms with van der Waals surface area (Å²) in [6.45, 7) is 8.23. The lowest BCUT2D eigenvalue weighted by Crippen LogP contribution is -2.44. The normalized spacial score (nSPS) is 17.5. The zero-order valence-electron chi connectivity index (χ0n) is 35.7. The van der Waals surface area contributed by atoms with Crippen LogP contribution in [0.3, 0.4) is 0 Å². The first kappa shape index (κ1) is 54.6. The molecule has 0 bridgehead atoms. The van der Waals surface area contributed by atoms with E-state index in [1.54, 1.807) is 19.1 Å². The van der Waals surface area contributed by atoms with Crippen molar-refractivity contribution in [2.24, 2.45) is 0 Å². The minimum atomic E-state index is -4.99. The van der Waals surface area contributed by atoms with Crippen molar-refractivity contribution in [2.45, 2.75) is 137 Å². The molecule has 65 heavy (non-hydrogen) atoms. The Hall–Kier alpha value is -4.72. The predicted octanol–water partition coefficient (Wildman–Crippen LogP) is 9.08. The molecule has 0 aliphatic carbocycles. The Morgan fingerprint density at radius 2 is 1.57 bits per heavy atom. The van der Waals surface area contributed by atoms with Crippen molar-refractivity contribution in [1.82, 2.24) is 5.06 Å². The van der Waals surface area contributed by atoms with Crippen LogP contribution in [-0.4, -0.2) is 66.8 Å². The summed E-state index contributed by atoms with van der Waals surface area (Å²) >= 11 is 0. The largest absolute Gasteiger partial charge is 0.748 e. The highest BCUT2D eigenvalue weighted by Gasteiger charge is 2.49. The van der Waals surface area contributed by atoms with Gasteiger partial charge in [0.05, 0.1) is 26.8 Å². The monoisotopic (exact) mass is 955 g/mol. The number of hydrogen-bond acceptors (Lipinski definition) is 10. The Morgan fingerprint density at radius 1 is 0.923 bits per heavy atom. The topological polar surface area (TPSA) is 182 Å². The fraction of sp³-hybridized carbons (Fsp3) is 0.522. The van der Waals surface area contributed by atoms with Gasteiger partial charge in [0.25, 0.3) is 21.9 Å². The van der Waals surface area contributed by atoms with Gasteiger partial charge in [-0.25, -0.2) is 17.6 Å². The summed E-state index contributed by atoms with van der Waals surface area (Å²) in [6, 6.07) is 11.1. The second kappa shape index (κ2) is 21.7.